The normalized spacial score (nSPS) is 15.1. The van der Waals surface area contributed by atoms with Crippen LogP contribution in [0.2, 0.25) is 0 Å². The highest BCUT2D eigenvalue weighted by Gasteiger charge is 2.28. The summed E-state index contributed by atoms with van der Waals surface area (Å²) in [4.78, 5) is 16.3. The van der Waals surface area contributed by atoms with Crippen molar-refractivity contribution >= 4 is 27.4 Å². The molecule has 1 aliphatic heterocycles. The van der Waals surface area contributed by atoms with Gasteiger partial charge >= 0.3 is 0 Å². The molecule has 1 aromatic carbocycles. The lowest BCUT2D eigenvalue weighted by Crippen LogP contribution is -2.29. The molecule has 0 unspecified atom stereocenters. The highest BCUT2D eigenvalue weighted by Crippen LogP contribution is 2.24. The Morgan fingerprint density at radius 3 is 2.67 bits per heavy atom. The van der Waals surface area contributed by atoms with E-state index < -0.39 is 10.0 Å². The van der Waals surface area contributed by atoms with Crippen molar-refractivity contribution in [3.8, 4) is 6.07 Å². The van der Waals surface area contributed by atoms with Crippen molar-refractivity contribution in [1.29, 1.82) is 5.26 Å². The average Bonchev–Trinajstić information content (AvgIpc) is 3.04. The van der Waals surface area contributed by atoms with E-state index in [0.29, 0.717) is 48.7 Å². The number of nitrogens with zero attached hydrogens (tertiary/aromatic N) is 3. The van der Waals surface area contributed by atoms with Gasteiger partial charge in [0.25, 0.3) is 5.91 Å². The molecule has 1 aromatic heterocycles. The van der Waals surface area contributed by atoms with Crippen molar-refractivity contribution < 1.29 is 13.2 Å². The zero-order chi connectivity index (χ0) is 19.3. The van der Waals surface area contributed by atoms with E-state index >= 15 is 0 Å². The summed E-state index contributed by atoms with van der Waals surface area (Å²) in [5.74, 6) is 0.381. The molecule has 27 heavy (non-hydrogen) atoms. The lowest BCUT2D eigenvalue weighted by atomic mass is 10.2. The third-order valence-corrected chi connectivity index (χ3v) is 6.02. The molecular formula is C18H19N5O3S. The molecule has 0 saturated carbocycles. The summed E-state index contributed by atoms with van der Waals surface area (Å²) in [7, 11) is -3.23. The fraction of sp³-hybridized carbons (Fsp3) is 0.278. The van der Waals surface area contributed by atoms with Crippen molar-refractivity contribution in [2.24, 2.45) is 0 Å². The van der Waals surface area contributed by atoms with Gasteiger partial charge in [-0.05, 0) is 42.8 Å². The molecule has 0 aliphatic carbocycles. The fourth-order valence-electron chi connectivity index (χ4n) is 2.80. The predicted molar refractivity (Wildman–Crippen MR) is 102 cm³/mol. The SMILES string of the molecule is N#Cc1cccnc1NCCNC(=O)c1ccc(N2CCCS2(=O)=O)cc1. The molecule has 1 saturated heterocycles. The summed E-state index contributed by atoms with van der Waals surface area (Å²) in [6, 6.07) is 11.9. The van der Waals surface area contributed by atoms with Crippen LogP contribution < -0.4 is 14.9 Å². The first kappa shape index (κ1) is 18.7. The number of carbonyl (C=O) groups is 1. The van der Waals surface area contributed by atoms with Crippen LogP contribution in [0.5, 0.6) is 0 Å². The molecule has 0 spiro atoms. The number of hydrogen-bond acceptors (Lipinski definition) is 6. The summed E-state index contributed by atoms with van der Waals surface area (Å²) in [6.45, 7) is 1.24. The second-order valence-corrected chi connectivity index (χ2v) is 8.00. The Morgan fingerprint density at radius 1 is 1.22 bits per heavy atom. The van der Waals surface area contributed by atoms with Gasteiger partial charge in [0.15, 0.2) is 0 Å². The minimum Gasteiger partial charge on any atom is -0.367 e. The molecule has 3 rings (SSSR count). The van der Waals surface area contributed by atoms with E-state index in [1.165, 1.54) is 4.31 Å². The number of benzene rings is 1. The Hall–Kier alpha value is -3.12. The second kappa shape index (κ2) is 8.05. The Balaban J connectivity index is 1.52. The number of nitrogens with one attached hydrogen (secondary N) is 2. The first-order chi connectivity index (χ1) is 13.0. The van der Waals surface area contributed by atoms with Crippen LogP contribution in [0.3, 0.4) is 0 Å². The summed E-state index contributed by atoms with van der Waals surface area (Å²) >= 11 is 0. The molecule has 1 fully saturated rings. The zero-order valence-corrected chi connectivity index (χ0v) is 15.4. The Bertz CT molecular complexity index is 967. The van der Waals surface area contributed by atoms with Crippen LogP contribution in [0, 0.1) is 11.3 Å². The molecular weight excluding hydrogens is 366 g/mol. The van der Waals surface area contributed by atoms with Gasteiger partial charge in [-0.15, -0.1) is 0 Å². The van der Waals surface area contributed by atoms with Crippen LogP contribution >= 0.6 is 0 Å². The predicted octanol–water partition coefficient (Wildman–Crippen LogP) is 1.34. The van der Waals surface area contributed by atoms with Gasteiger partial charge in [-0.1, -0.05) is 0 Å². The van der Waals surface area contributed by atoms with Crippen molar-refractivity contribution in [2.75, 3.05) is 35.0 Å². The van der Waals surface area contributed by atoms with E-state index in [1.54, 1.807) is 42.6 Å². The van der Waals surface area contributed by atoms with Crippen LogP contribution in [0.25, 0.3) is 0 Å². The molecule has 9 heteroatoms. The summed E-state index contributed by atoms with van der Waals surface area (Å²) < 4.78 is 25.2. The number of pyridine rings is 1. The lowest BCUT2D eigenvalue weighted by molar-refractivity contribution is 0.0955. The molecule has 2 N–H and O–H groups in total. The first-order valence-corrected chi connectivity index (χ1v) is 10.1. The van der Waals surface area contributed by atoms with Crippen molar-refractivity contribution in [3.63, 3.8) is 0 Å². The van der Waals surface area contributed by atoms with Crippen LogP contribution in [0.15, 0.2) is 42.6 Å². The third kappa shape index (κ3) is 4.35. The van der Waals surface area contributed by atoms with Gasteiger partial charge in [-0.25, -0.2) is 13.4 Å². The van der Waals surface area contributed by atoms with Crippen LogP contribution in [-0.4, -0.2) is 44.7 Å². The Morgan fingerprint density at radius 2 is 2.00 bits per heavy atom. The van der Waals surface area contributed by atoms with Crippen LogP contribution in [0.4, 0.5) is 11.5 Å². The van der Waals surface area contributed by atoms with E-state index in [2.05, 4.69) is 15.6 Å². The summed E-state index contributed by atoms with van der Waals surface area (Å²) in [6.07, 6.45) is 2.20. The fourth-order valence-corrected chi connectivity index (χ4v) is 4.37. The van der Waals surface area contributed by atoms with Crippen molar-refractivity contribution in [1.82, 2.24) is 10.3 Å². The highest BCUT2D eigenvalue weighted by atomic mass is 32.2. The Kier molecular flexibility index (Phi) is 5.57. The lowest BCUT2D eigenvalue weighted by Gasteiger charge is -2.17. The molecule has 2 heterocycles. The maximum absolute atomic E-state index is 12.2. The van der Waals surface area contributed by atoms with Gasteiger partial charge in [-0.3, -0.25) is 9.10 Å². The highest BCUT2D eigenvalue weighted by molar-refractivity contribution is 7.93. The standard InChI is InChI=1S/C18H19N5O3S/c19-13-15-3-1-8-20-17(15)21-9-10-22-18(24)14-4-6-16(7-5-14)23-11-2-12-27(23,25)26/h1,3-8H,2,9-12H2,(H,20,21)(H,22,24). The number of hydrogen-bond donors (Lipinski definition) is 2. The Labute approximate surface area is 157 Å². The molecule has 140 valence electrons. The molecule has 0 radical (unpaired) electrons. The number of amides is 1. The molecule has 1 aliphatic rings. The van der Waals surface area contributed by atoms with E-state index in [4.69, 9.17) is 5.26 Å². The van der Waals surface area contributed by atoms with Gasteiger partial charge in [0.1, 0.15) is 11.9 Å². The minimum atomic E-state index is -3.23. The second-order valence-electron chi connectivity index (χ2n) is 5.98. The number of sulfonamides is 1. The van der Waals surface area contributed by atoms with E-state index in [1.807, 2.05) is 6.07 Å². The van der Waals surface area contributed by atoms with E-state index in [0.717, 1.165) is 0 Å². The maximum atomic E-state index is 12.2. The molecule has 2 aromatic rings. The largest absolute Gasteiger partial charge is 0.367 e. The summed E-state index contributed by atoms with van der Waals surface area (Å²) in [5, 5.41) is 14.8. The van der Waals surface area contributed by atoms with Crippen LogP contribution in [-0.2, 0) is 10.0 Å². The topological polar surface area (TPSA) is 115 Å². The number of rotatable bonds is 6. The van der Waals surface area contributed by atoms with Crippen molar-refractivity contribution in [3.05, 3.63) is 53.7 Å². The monoisotopic (exact) mass is 385 g/mol. The minimum absolute atomic E-state index is 0.159. The third-order valence-electron chi connectivity index (χ3n) is 4.15. The first-order valence-electron chi connectivity index (χ1n) is 8.49. The smallest absolute Gasteiger partial charge is 0.251 e. The van der Waals surface area contributed by atoms with E-state index in [-0.39, 0.29) is 11.7 Å². The molecule has 1 amide bonds. The molecule has 0 bridgehead atoms. The number of carbonyl (C=O) groups excluding carboxylic acids is 1. The van der Waals surface area contributed by atoms with Gasteiger partial charge in [0.2, 0.25) is 10.0 Å². The zero-order valence-electron chi connectivity index (χ0n) is 14.6. The van der Waals surface area contributed by atoms with E-state index in [9.17, 15) is 13.2 Å². The van der Waals surface area contributed by atoms with Gasteiger partial charge in [0.05, 0.1) is 17.0 Å². The number of aromatic nitrogens is 1. The average molecular weight is 385 g/mol. The number of nitriles is 1. The maximum Gasteiger partial charge on any atom is 0.251 e. The quantitative estimate of drug-likeness (QED) is 0.725. The number of anilines is 2. The van der Waals surface area contributed by atoms with Gasteiger partial charge < -0.3 is 10.6 Å². The summed E-state index contributed by atoms with van der Waals surface area (Å²) in [5.41, 5.74) is 1.46. The molecule has 0 atom stereocenters. The van der Waals surface area contributed by atoms with Crippen LogP contribution in [0.1, 0.15) is 22.3 Å². The van der Waals surface area contributed by atoms with Crippen molar-refractivity contribution in [2.45, 2.75) is 6.42 Å². The molecule has 8 nitrogen and oxygen atoms in total. The van der Waals surface area contributed by atoms with Gasteiger partial charge in [0, 0.05) is 31.4 Å². The van der Waals surface area contributed by atoms with Gasteiger partial charge in [-0.2, -0.15) is 5.26 Å².